The summed E-state index contributed by atoms with van der Waals surface area (Å²) >= 11 is 2.90. The van der Waals surface area contributed by atoms with Gasteiger partial charge < -0.3 is 9.47 Å². The minimum atomic E-state index is -0.240. The molecular formula is C14H16N2O3S2. The lowest BCUT2D eigenvalue weighted by molar-refractivity contribution is 0.0993. The number of rotatable bonds is 6. The molecule has 2 aromatic rings. The lowest BCUT2D eigenvalue weighted by atomic mass is 10.1. The number of hydrogen-bond donors (Lipinski definition) is 0. The molecule has 1 aromatic heterocycles. The predicted molar refractivity (Wildman–Crippen MR) is 83.8 cm³/mol. The van der Waals surface area contributed by atoms with Crippen LogP contribution in [0.25, 0.3) is 0 Å². The smallest absolute Gasteiger partial charge is 0.176 e. The molecule has 5 nitrogen and oxygen atoms in total. The van der Waals surface area contributed by atoms with E-state index >= 15 is 0 Å². The summed E-state index contributed by atoms with van der Waals surface area (Å²) in [5.41, 5.74) is 0.592. The molecule has 2 rings (SSSR count). The van der Waals surface area contributed by atoms with Gasteiger partial charge in [0, 0.05) is 5.56 Å². The molecule has 0 unspecified atom stereocenters. The van der Waals surface area contributed by atoms with Crippen molar-refractivity contribution in [3.05, 3.63) is 28.8 Å². The van der Waals surface area contributed by atoms with Gasteiger partial charge in [0.05, 0.1) is 19.5 Å². The molecule has 0 saturated carbocycles. The summed E-state index contributed by atoms with van der Waals surface area (Å²) in [6.07, 6.45) is 0. The van der Waals surface area contributed by atoms with Crippen molar-refractivity contribution in [3.8, 4) is 11.5 Å². The molecule has 0 N–H and O–H groups in total. The summed E-state index contributed by atoms with van der Waals surface area (Å²) < 4.78 is 11.2. The number of carbonyl (C=O) groups is 1. The zero-order chi connectivity index (χ0) is 15.4. The van der Waals surface area contributed by atoms with E-state index in [0.717, 1.165) is 9.35 Å². The second kappa shape index (κ2) is 6.91. The third-order valence-corrected chi connectivity index (χ3v) is 4.85. The van der Waals surface area contributed by atoms with Gasteiger partial charge in [0.1, 0.15) is 5.01 Å². The highest BCUT2D eigenvalue weighted by molar-refractivity contribution is 8.02. The standard InChI is InChI=1S/C14H16N2O3S2/c1-8(20-14-16-15-9(2)21-14)13(17)10-5-6-11(18-3)12(7-10)19-4/h5-8H,1-4H3/t8-/m0/s1. The summed E-state index contributed by atoms with van der Waals surface area (Å²) in [6, 6.07) is 5.17. The summed E-state index contributed by atoms with van der Waals surface area (Å²) in [6.45, 7) is 3.75. The molecule has 0 amide bonds. The summed E-state index contributed by atoms with van der Waals surface area (Å²) in [7, 11) is 3.12. The van der Waals surface area contributed by atoms with Crippen LogP contribution in [0, 0.1) is 6.92 Å². The molecule has 1 aromatic carbocycles. The fraction of sp³-hybridized carbons (Fsp3) is 0.357. The molecule has 0 aliphatic carbocycles. The van der Waals surface area contributed by atoms with E-state index in [2.05, 4.69) is 10.2 Å². The number of aryl methyl sites for hydroxylation is 1. The Balaban J connectivity index is 2.15. The molecule has 0 fully saturated rings. The van der Waals surface area contributed by atoms with Gasteiger partial charge in [-0.2, -0.15) is 0 Å². The quantitative estimate of drug-likeness (QED) is 0.600. The summed E-state index contributed by atoms with van der Waals surface area (Å²) in [4.78, 5) is 12.5. The Morgan fingerprint density at radius 3 is 2.52 bits per heavy atom. The van der Waals surface area contributed by atoms with Crippen molar-refractivity contribution < 1.29 is 14.3 Å². The number of ketones is 1. The van der Waals surface area contributed by atoms with Gasteiger partial charge in [0.15, 0.2) is 21.6 Å². The van der Waals surface area contributed by atoms with Gasteiger partial charge in [-0.1, -0.05) is 23.1 Å². The van der Waals surface area contributed by atoms with E-state index in [9.17, 15) is 4.79 Å². The van der Waals surface area contributed by atoms with Gasteiger partial charge in [-0.3, -0.25) is 4.79 Å². The highest BCUT2D eigenvalue weighted by atomic mass is 32.2. The zero-order valence-corrected chi connectivity index (χ0v) is 13.9. The Morgan fingerprint density at radius 1 is 1.24 bits per heavy atom. The van der Waals surface area contributed by atoms with E-state index in [1.54, 1.807) is 32.4 Å². The monoisotopic (exact) mass is 324 g/mol. The highest BCUT2D eigenvalue weighted by Crippen LogP contribution is 2.31. The maximum absolute atomic E-state index is 12.5. The largest absolute Gasteiger partial charge is 0.493 e. The third kappa shape index (κ3) is 3.74. The normalized spacial score (nSPS) is 12.0. The first-order chi connectivity index (χ1) is 10.0. The number of ether oxygens (including phenoxy) is 2. The number of nitrogens with zero attached hydrogens (tertiary/aromatic N) is 2. The highest BCUT2D eigenvalue weighted by Gasteiger charge is 2.20. The van der Waals surface area contributed by atoms with Gasteiger partial charge >= 0.3 is 0 Å². The molecule has 0 aliphatic rings. The fourth-order valence-electron chi connectivity index (χ4n) is 1.75. The van der Waals surface area contributed by atoms with Crippen LogP contribution in [0.15, 0.2) is 22.5 Å². The van der Waals surface area contributed by atoms with Crippen molar-refractivity contribution in [2.45, 2.75) is 23.4 Å². The van der Waals surface area contributed by atoms with Crippen molar-refractivity contribution in [1.82, 2.24) is 10.2 Å². The Hall–Kier alpha value is -1.60. The van der Waals surface area contributed by atoms with Crippen LogP contribution >= 0.6 is 23.1 Å². The number of hydrogen-bond acceptors (Lipinski definition) is 7. The average molecular weight is 324 g/mol. The molecule has 7 heteroatoms. The van der Waals surface area contributed by atoms with Crippen LogP contribution in [-0.2, 0) is 0 Å². The van der Waals surface area contributed by atoms with Gasteiger partial charge in [0.25, 0.3) is 0 Å². The summed E-state index contributed by atoms with van der Waals surface area (Å²) in [5, 5.41) is 8.63. The Kier molecular flexibility index (Phi) is 5.19. The topological polar surface area (TPSA) is 61.3 Å². The molecule has 0 bridgehead atoms. The van der Waals surface area contributed by atoms with Crippen LogP contribution in [-0.4, -0.2) is 35.5 Å². The van der Waals surface area contributed by atoms with Crippen LogP contribution in [0.3, 0.4) is 0 Å². The second-order valence-electron chi connectivity index (χ2n) is 4.28. The van der Waals surface area contributed by atoms with E-state index in [1.807, 2.05) is 13.8 Å². The number of thioether (sulfide) groups is 1. The second-order valence-corrected chi connectivity index (χ2v) is 7.05. The number of aromatic nitrogens is 2. The first kappa shape index (κ1) is 15.8. The molecule has 0 saturated heterocycles. The van der Waals surface area contributed by atoms with Crippen LogP contribution in [0.1, 0.15) is 22.3 Å². The molecule has 1 atom stereocenters. The minimum absolute atomic E-state index is 0.0220. The SMILES string of the molecule is COc1ccc(C(=O)[C@H](C)Sc2nnc(C)s2)cc1OC. The molecule has 21 heavy (non-hydrogen) atoms. The van der Waals surface area contributed by atoms with Gasteiger partial charge in [-0.05, 0) is 32.0 Å². The van der Waals surface area contributed by atoms with Crippen molar-refractivity contribution in [2.24, 2.45) is 0 Å². The zero-order valence-electron chi connectivity index (χ0n) is 12.2. The maximum Gasteiger partial charge on any atom is 0.176 e. The van der Waals surface area contributed by atoms with E-state index in [1.165, 1.54) is 23.1 Å². The molecule has 0 radical (unpaired) electrons. The van der Waals surface area contributed by atoms with Crippen molar-refractivity contribution in [3.63, 3.8) is 0 Å². The minimum Gasteiger partial charge on any atom is -0.493 e. The number of carbonyl (C=O) groups excluding carboxylic acids is 1. The molecule has 0 aliphatic heterocycles. The molecule has 1 heterocycles. The third-order valence-electron chi connectivity index (χ3n) is 2.82. The Morgan fingerprint density at radius 2 is 1.95 bits per heavy atom. The molecule has 112 valence electrons. The van der Waals surface area contributed by atoms with Crippen LogP contribution in [0.2, 0.25) is 0 Å². The van der Waals surface area contributed by atoms with E-state index in [0.29, 0.717) is 17.1 Å². The van der Waals surface area contributed by atoms with Crippen molar-refractivity contribution in [1.29, 1.82) is 0 Å². The van der Waals surface area contributed by atoms with Crippen molar-refractivity contribution in [2.75, 3.05) is 14.2 Å². The maximum atomic E-state index is 12.5. The summed E-state index contributed by atoms with van der Waals surface area (Å²) in [5.74, 6) is 1.18. The van der Waals surface area contributed by atoms with Gasteiger partial charge in [-0.15, -0.1) is 10.2 Å². The molecule has 0 spiro atoms. The van der Waals surface area contributed by atoms with Gasteiger partial charge in [-0.25, -0.2) is 0 Å². The Bertz CT molecular complexity index is 643. The average Bonchev–Trinajstić information content (AvgIpc) is 2.90. The number of Topliss-reactive ketones (excluding diaryl/α,β-unsaturated/α-hetero) is 1. The lowest BCUT2D eigenvalue weighted by Crippen LogP contribution is -2.13. The Labute approximate surface area is 131 Å². The van der Waals surface area contributed by atoms with Crippen LogP contribution in [0.4, 0.5) is 0 Å². The fourth-order valence-corrected chi connectivity index (χ4v) is 3.79. The van der Waals surface area contributed by atoms with E-state index in [-0.39, 0.29) is 11.0 Å². The van der Waals surface area contributed by atoms with Crippen LogP contribution < -0.4 is 9.47 Å². The number of benzene rings is 1. The van der Waals surface area contributed by atoms with E-state index in [4.69, 9.17) is 9.47 Å². The van der Waals surface area contributed by atoms with E-state index < -0.39 is 0 Å². The van der Waals surface area contributed by atoms with Gasteiger partial charge in [0.2, 0.25) is 0 Å². The first-order valence-electron chi connectivity index (χ1n) is 6.28. The van der Waals surface area contributed by atoms with Crippen LogP contribution in [0.5, 0.6) is 11.5 Å². The molecular weight excluding hydrogens is 308 g/mol. The van der Waals surface area contributed by atoms with Crippen molar-refractivity contribution >= 4 is 28.9 Å². The lowest BCUT2D eigenvalue weighted by Gasteiger charge is -2.11. The predicted octanol–water partition coefficient (Wildman–Crippen LogP) is 3.23. The first-order valence-corrected chi connectivity index (χ1v) is 7.97. The number of methoxy groups -OCH3 is 2.